The average molecular weight is 328 g/mol. The highest BCUT2D eigenvalue weighted by molar-refractivity contribution is 8.01. The topological polar surface area (TPSA) is 104 Å². The number of thioether (sulfide) groups is 1. The maximum absolute atomic E-state index is 12.1. The van der Waals surface area contributed by atoms with E-state index in [0.29, 0.717) is 35.2 Å². The van der Waals surface area contributed by atoms with Crippen LogP contribution in [0.3, 0.4) is 0 Å². The first-order chi connectivity index (χ1) is 10.0. The lowest BCUT2D eigenvalue weighted by Gasteiger charge is -2.35. The lowest BCUT2D eigenvalue weighted by atomic mass is 10.4. The summed E-state index contributed by atoms with van der Waals surface area (Å²) in [4.78, 5) is 17.7. The van der Waals surface area contributed by atoms with Crippen LogP contribution in [-0.4, -0.2) is 65.1 Å². The van der Waals surface area contributed by atoms with Crippen molar-refractivity contribution < 1.29 is 8.42 Å². The van der Waals surface area contributed by atoms with Gasteiger partial charge in [0.2, 0.25) is 5.95 Å². The molecule has 2 N–H and O–H groups in total. The molecule has 2 aromatic rings. The van der Waals surface area contributed by atoms with Crippen molar-refractivity contribution in [1.82, 2.24) is 19.9 Å². The number of hydrogen-bond acceptors (Lipinski definition) is 8. The monoisotopic (exact) mass is 328 g/mol. The molecule has 1 unspecified atom stereocenters. The van der Waals surface area contributed by atoms with Gasteiger partial charge in [-0.2, -0.15) is 21.7 Å². The van der Waals surface area contributed by atoms with Gasteiger partial charge in [0.15, 0.2) is 21.3 Å². The molecule has 8 nitrogen and oxygen atoms in total. The maximum atomic E-state index is 12.1. The summed E-state index contributed by atoms with van der Waals surface area (Å²) in [7, 11) is -1.48. The number of nitrogens with zero attached hydrogens (tertiary/aromatic N) is 4. The van der Waals surface area contributed by atoms with Gasteiger partial charge in [-0.3, -0.25) is 0 Å². The van der Waals surface area contributed by atoms with E-state index in [-0.39, 0.29) is 0 Å². The molecule has 10 heteroatoms. The molecule has 1 aliphatic heterocycles. The van der Waals surface area contributed by atoms with Crippen molar-refractivity contribution in [2.45, 2.75) is 5.37 Å². The Bertz CT molecular complexity index is 759. The fourth-order valence-electron chi connectivity index (χ4n) is 2.32. The van der Waals surface area contributed by atoms with Gasteiger partial charge in [-0.05, 0) is 0 Å². The van der Waals surface area contributed by atoms with Gasteiger partial charge in [0, 0.05) is 31.4 Å². The molecule has 114 valence electrons. The summed E-state index contributed by atoms with van der Waals surface area (Å²) in [5.74, 6) is 2.40. The molecular weight excluding hydrogens is 312 g/mol. The van der Waals surface area contributed by atoms with Crippen LogP contribution >= 0.6 is 11.8 Å². The average Bonchev–Trinajstić information content (AvgIpc) is 2.93. The highest BCUT2D eigenvalue weighted by Gasteiger charge is 2.33. The fraction of sp³-hybridized carbons (Fsp3) is 0.545. The minimum Gasteiger partial charge on any atom is -0.357 e. The van der Waals surface area contributed by atoms with Crippen molar-refractivity contribution in [3.05, 3.63) is 6.33 Å². The van der Waals surface area contributed by atoms with Crippen molar-refractivity contribution in [2.24, 2.45) is 0 Å². The highest BCUT2D eigenvalue weighted by Crippen LogP contribution is 2.30. The summed E-state index contributed by atoms with van der Waals surface area (Å²) in [5.41, 5.74) is 1.18. The van der Waals surface area contributed by atoms with Crippen molar-refractivity contribution in [1.29, 1.82) is 0 Å². The molecule has 0 aromatic carbocycles. The Kier molecular flexibility index (Phi) is 3.66. The van der Waals surface area contributed by atoms with Crippen molar-refractivity contribution >= 4 is 44.5 Å². The molecule has 0 radical (unpaired) electrons. The molecule has 21 heavy (non-hydrogen) atoms. The number of rotatable bonds is 3. The van der Waals surface area contributed by atoms with E-state index in [9.17, 15) is 8.42 Å². The van der Waals surface area contributed by atoms with E-state index in [1.165, 1.54) is 12.6 Å². The lowest BCUT2D eigenvalue weighted by molar-refractivity contribution is 0.584. The Morgan fingerprint density at radius 3 is 3.00 bits per heavy atom. The molecule has 1 atom stereocenters. The second-order valence-corrected chi connectivity index (χ2v) is 8.13. The quantitative estimate of drug-likeness (QED) is 0.830. The Morgan fingerprint density at radius 2 is 2.29 bits per heavy atom. The van der Waals surface area contributed by atoms with Gasteiger partial charge >= 0.3 is 0 Å². The van der Waals surface area contributed by atoms with Gasteiger partial charge in [-0.15, -0.1) is 0 Å². The first-order valence-electron chi connectivity index (χ1n) is 6.43. The number of nitrogens with one attached hydrogen (secondary N) is 2. The van der Waals surface area contributed by atoms with Gasteiger partial charge in [0.1, 0.15) is 10.9 Å². The first-order valence-corrected chi connectivity index (χ1v) is 9.54. The van der Waals surface area contributed by atoms with Crippen LogP contribution < -0.4 is 10.2 Å². The summed E-state index contributed by atoms with van der Waals surface area (Å²) in [5, 5.41) is 2.30. The third-order valence-corrected chi connectivity index (χ3v) is 5.98. The van der Waals surface area contributed by atoms with Crippen LogP contribution in [0.15, 0.2) is 6.33 Å². The van der Waals surface area contributed by atoms with Gasteiger partial charge < -0.3 is 15.2 Å². The summed E-state index contributed by atoms with van der Waals surface area (Å²) in [6.45, 7) is 0.622. The van der Waals surface area contributed by atoms with E-state index in [1.54, 1.807) is 18.8 Å². The zero-order chi connectivity index (χ0) is 15.0. The number of imidazole rings is 1. The Morgan fingerprint density at radius 1 is 1.48 bits per heavy atom. The molecule has 3 rings (SSSR count). The van der Waals surface area contributed by atoms with Crippen LogP contribution in [0.25, 0.3) is 11.2 Å². The van der Waals surface area contributed by atoms with Crippen LogP contribution in [0, 0.1) is 0 Å². The third-order valence-electron chi connectivity index (χ3n) is 3.34. The molecule has 2 aromatic heterocycles. The molecule has 0 amide bonds. The maximum Gasteiger partial charge on any atom is 0.226 e. The molecule has 3 heterocycles. The first kappa shape index (κ1) is 14.4. The van der Waals surface area contributed by atoms with E-state index in [2.05, 4.69) is 25.3 Å². The number of fused-ring (bicyclic) bond motifs is 1. The Hall–Kier alpha value is -1.55. The lowest BCUT2D eigenvalue weighted by Crippen LogP contribution is -2.47. The summed E-state index contributed by atoms with van der Waals surface area (Å²) >= 11 is 1.64. The minimum atomic E-state index is -3.20. The van der Waals surface area contributed by atoms with Crippen LogP contribution in [0.2, 0.25) is 0 Å². The van der Waals surface area contributed by atoms with Crippen LogP contribution in [0.4, 0.5) is 11.8 Å². The zero-order valence-corrected chi connectivity index (χ0v) is 13.3. The predicted molar refractivity (Wildman–Crippen MR) is 84.5 cm³/mol. The minimum absolute atomic E-state index is 0.426. The third kappa shape index (κ3) is 2.64. The van der Waals surface area contributed by atoms with Crippen molar-refractivity contribution in [2.75, 3.05) is 41.6 Å². The van der Waals surface area contributed by atoms with Gasteiger partial charge in [0.05, 0.1) is 6.33 Å². The van der Waals surface area contributed by atoms with E-state index in [4.69, 9.17) is 0 Å². The molecule has 1 fully saturated rings. The van der Waals surface area contributed by atoms with E-state index in [1.807, 2.05) is 4.90 Å². The number of aromatic amines is 1. The van der Waals surface area contributed by atoms with Crippen LogP contribution in [-0.2, 0) is 9.84 Å². The largest absolute Gasteiger partial charge is 0.357 e. The molecule has 0 aliphatic carbocycles. The molecule has 1 aliphatic rings. The number of anilines is 2. The fourth-order valence-corrected chi connectivity index (χ4v) is 5.13. The summed E-state index contributed by atoms with van der Waals surface area (Å²) < 4.78 is 24.1. The predicted octanol–water partition coefficient (Wildman–Crippen LogP) is 0.318. The standard InChI is InChI=1S/C11H16N6O2S2/c1-12-11-15-9-8(13-6-14-9)10(16-11)17-3-4-20-5-7(17)21(2,18)19/h6-7H,3-5H2,1-2H3,(H2,12,13,14,15,16). The Labute approximate surface area is 126 Å². The van der Waals surface area contributed by atoms with Crippen molar-refractivity contribution in [3.63, 3.8) is 0 Å². The van der Waals surface area contributed by atoms with E-state index in [0.717, 1.165) is 5.75 Å². The van der Waals surface area contributed by atoms with Gasteiger partial charge in [-0.25, -0.2) is 13.4 Å². The van der Waals surface area contributed by atoms with Gasteiger partial charge in [-0.1, -0.05) is 0 Å². The zero-order valence-electron chi connectivity index (χ0n) is 11.7. The Balaban J connectivity index is 2.15. The SMILES string of the molecule is CNc1nc(N2CCSCC2S(C)(=O)=O)c2[nH]cnc2n1. The highest BCUT2D eigenvalue weighted by atomic mass is 32.2. The number of sulfone groups is 1. The number of aromatic nitrogens is 4. The van der Waals surface area contributed by atoms with E-state index < -0.39 is 15.2 Å². The van der Waals surface area contributed by atoms with Crippen molar-refractivity contribution in [3.8, 4) is 0 Å². The summed E-state index contributed by atoms with van der Waals surface area (Å²) in [6.07, 6.45) is 2.80. The van der Waals surface area contributed by atoms with Crippen LogP contribution in [0.1, 0.15) is 0 Å². The molecular formula is C11H16N6O2S2. The van der Waals surface area contributed by atoms with E-state index >= 15 is 0 Å². The van der Waals surface area contributed by atoms with Gasteiger partial charge in [0.25, 0.3) is 0 Å². The normalized spacial score (nSPS) is 19.9. The second-order valence-electron chi connectivity index (χ2n) is 4.77. The second kappa shape index (κ2) is 5.34. The molecule has 0 bridgehead atoms. The molecule has 1 saturated heterocycles. The number of H-pyrrole nitrogens is 1. The molecule has 0 spiro atoms. The summed E-state index contributed by atoms with van der Waals surface area (Å²) in [6, 6.07) is 0. The van der Waals surface area contributed by atoms with Crippen LogP contribution in [0.5, 0.6) is 0 Å². The molecule has 0 saturated carbocycles. The smallest absolute Gasteiger partial charge is 0.226 e. The number of hydrogen-bond donors (Lipinski definition) is 2.